The number of ether oxygens (including phenoxy) is 1. The highest BCUT2D eigenvalue weighted by molar-refractivity contribution is 7.66. The van der Waals surface area contributed by atoms with Crippen molar-refractivity contribution in [1.82, 2.24) is 0 Å². The lowest BCUT2D eigenvalue weighted by Gasteiger charge is -2.10. The molecule has 0 fully saturated rings. The largest absolute Gasteiger partial charge is 0.462 e. The second-order valence-electron chi connectivity index (χ2n) is 6.88. The minimum absolute atomic E-state index is 0.190. The minimum Gasteiger partial charge on any atom is -0.462 e. The second-order valence-corrected chi connectivity index (χ2v) is 9.43. The Balaban J connectivity index is 2.12. The first-order valence-corrected chi connectivity index (χ1v) is 11.9. The number of unbranched alkanes of at least 4 members (excludes halogenated alkanes) is 9. The maximum atomic E-state index is 12.0. The topological polar surface area (TPSA) is 63.6 Å². The van der Waals surface area contributed by atoms with E-state index in [2.05, 4.69) is 6.92 Å². The highest BCUT2D eigenvalue weighted by atomic mass is 31.2. The first-order valence-electron chi connectivity index (χ1n) is 10.1. The summed E-state index contributed by atoms with van der Waals surface area (Å²) in [6.07, 6.45) is 12.6. The van der Waals surface area contributed by atoms with E-state index in [0.29, 0.717) is 17.5 Å². The van der Waals surface area contributed by atoms with Gasteiger partial charge in [0.2, 0.25) is 7.37 Å². The number of benzene rings is 1. The summed E-state index contributed by atoms with van der Waals surface area (Å²) in [4.78, 5) is 21.8. The van der Waals surface area contributed by atoms with Gasteiger partial charge in [0, 0.05) is 11.5 Å². The Bertz CT molecular complexity index is 554. The lowest BCUT2D eigenvalue weighted by molar-refractivity contribution is 0.0497. The zero-order valence-corrected chi connectivity index (χ0v) is 17.3. The molecule has 0 aliphatic rings. The Morgan fingerprint density at radius 2 is 1.38 bits per heavy atom. The molecule has 1 aromatic rings. The Kier molecular flexibility index (Phi) is 11.6. The molecule has 0 aromatic heterocycles. The van der Waals surface area contributed by atoms with Crippen molar-refractivity contribution in [2.75, 3.05) is 12.8 Å². The molecular weight excluding hydrogens is 347 g/mol. The molecule has 0 bridgehead atoms. The molecule has 0 spiro atoms. The maximum absolute atomic E-state index is 12.0. The van der Waals surface area contributed by atoms with E-state index in [1.165, 1.54) is 51.4 Å². The average molecular weight is 382 g/mol. The Morgan fingerprint density at radius 3 is 1.88 bits per heavy atom. The third-order valence-electron chi connectivity index (χ3n) is 4.67. The highest BCUT2D eigenvalue weighted by Gasteiger charge is 2.18. The smallest absolute Gasteiger partial charge is 0.338 e. The third-order valence-corrected chi connectivity index (χ3v) is 6.63. The summed E-state index contributed by atoms with van der Waals surface area (Å²) < 4.78 is 17.2. The fourth-order valence-corrected chi connectivity index (χ4v) is 3.83. The summed E-state index contributed by atoms with van der Waals surface area (Å²) >= 11 is 0. The number of hydrogen-bond acceptors (Lipinski definition) is 3. The van der Waals surface area contributed by atoms with Gasteiger partial charge in [-0.15, -0.1) is 0 Å². The fourth-order valence-electron chi connectivity index (χ4n) is 2.85. The fraction of sp³-hybridized carbons (Fsp3) is 0.667. The summed E-state index contributed by atoms with van der Waals surface area (Å²) in [5.74, 6) is -0.364. The van der Waals surface area contributed by atoms with Gasteiger partial charge < -0.3 is 9.63 Å². The van der Waals surface area contributed by atoms with Gasteiger partial charge in [0.1, 0.15) is 0 Å². The van der Waals surface area contributed by atoms with Crippen molar-refractivity contribution >= 4 is 18.6 Å². The van der Waals surface area contributed by atoms with Crippen LogP contribution in [0.15, 0.2) is 24.3 Å². The van der Waals surface area contributed by atoms with E-state index in [9.17, 15) is 14.3 Å². The molecule has 0 saturated heterocycles. The predicted octanol–water partition coefficient (Wildman–Crippen LogP) is 5.68. The molecule has 0 heterocycles. The molecule has 0 saturated carbocycles. The number of carbonyl (C=O) groups is 1. The van der Waals surface area contributed by atoms with Gasteiger partial charge in [-0.05, 0) is 30.7 Å². The van der Waals surface area contributed by atoms with E-state index in [-0.39, 0.29) is 12.1 Å². The number of carbonyl (C=O) groups excluding carboxylic acids is 1. The van der Waals surface area contributed by atoms with Crippen LogP contribution in [0.25, 0.3) is 0 Å². The van der Waals surface area contributed by atoms with E-state index in [1.54, 1.807) is 31.2 Å². The summed E-state index contributed by atoms with van der Waals surface area (Å²) in [6.45, 7) is 4.35. The van der Waals surface area contributed by atoms with Crippen molar-refractivity contribution in [2.24, 2.45) is 0 Å². The zero-order chi connectivity index (χ0) is 19.3. The molecule has 26 heavy (non-hydrogen) atoms. The van der Waals surface area contributed by atoms with Gasteiger partial charge in [-0.3, -0.25) is 4.57 Å². The molecule has 0 amide bonds. The monoisotopic (exact) mass is 382 g/mol. The van der Waals surface area contributed by atoms with Crippen LogP contribution >= 0.6 is 7.37 Å². The Hall–Kier alpha value is -1.12. The van der Waals surface area contributed by atoms with Crippen LogP contribution in [0, 0.1) is 0 Å². The van der Waals surface area contributed by atoms with E-state index in [4.69, 9.17) is 4.74 Å². The van der Waals surface area contributed by atoms with Crippen molar-refractivity contribution in [2.45, 2.75) is 78.1 Å². The van der Waals surface area contributed by atoms with Crippen molar-refractivity contribution in [3.05, 3.63) is 29.8 Å². The Labute approximate surface area is 158 Å². The van der Waals surface area contributed by atoms with Crippen molar-refractivity contribution in [3.8, 4) is 0 Å². The van der Waals surface area contributed by atoms with Crippen LogP contribution < -0.4 is 5.30 Å². The second kappa shape index (κ2) is 13.1. The molecule has 1 aromatic carbocycles. The molecule has 0 aliphatic heterocycles. The molecule has 0 radical (unpaired) electrons. The average Bonchev–Trinajstić information content (AvgIpc) is 2.66. The molecule has 1 unspecified atom stereocenters. The maximum Gasteiger partial charge on any atom is 0.338 e. The Morgan fingerprint density at radius 1 is 0.885 bits per heavy atom. The lowest BCUT2D eigenvalue weighted by Crippen LogP contribution is -2.10. The van der Waals surface area contributed by atoms with Crippen LogP contribution in [0.5, 0.6) is 0 Å². The first-order chi connectivity index (χ1) is 12.5. The van der Waals surface area contributed by atoms with Gasteiger partial charge in [0.25, 0.3) is 0 Å². The van der Waals surface area contributed by atoms with Crippen molar-refractivity contribution in [3.63, 3.8) is 0 Å². The quantitative estimate of drug-likeness (QED) is 0.255. The van der Waals surface area contributed by atoms with Gasteiger partial charge in [-0.25, -0.2) is 4.79 Å². The molecule has 5 heteroatoms. The predicted molar refractivity (Wildman–Crippen MR) is 109 cm³/mol. The van der Waals surface area contributed by atoms with Crippen LogP contribution in [0.2, 0.25) is 0 Å². The highest BCUT2D eigenvalue weighted by Crippen LogP contribution is 2.38. The summed E-state index contributed by atoms with van der Waals surface area (Å²) in [6, 6.07) is 6.21. The molecule has 4 nitrogen and oxygen atoms in total. The number of rotatable bonds is 14. The molecule has 0 aliphatic carbocycles. The minimum atomic E-state index is -3.28. The molecular formula is C21H35O4P. The molecule has 1 N–H and O–H groups in total. The third kappa shape index (κ3) is 9.00. The van der Waals surface area contributed by atoms with Gasteiger partial charge >= 0.3 is 5.97 Å². The lowest BCUT2D eigenvalue weighted by atomic mass is 10.1. The van der Waals surface area contributed by atoms with Crippen LogP contribution in [-0.2, 0) is 9.30 Å². The summed E-state index contributed by atoms with van der Waals surface area (Å²) in [5, 5.41) is 0.381. The standard InChI is InChI=1S/C21H35O4P/c1-3-5-6-7-8-9-10-11-12-13-18-25-21(22)19-14-16-20(17-15-19)26(23,24)4-2/h14-17H,3-13,18H2,1-2H3,(H,23,24). The van der Waals surface area contributed by atoms with E-state index >= 15 is 0 Å². The van der Waals surface area contributed by atoms with E-state index in [0.717, 1.165) is 12.8 Å². The summed E-state index contributed by atoms with van der Waals surface area (Å²) in [5.41, 5.74) is 0.428. The van der Waals surface area contributed by atoms with E-state index < -0.39 is 7.37 Å². The van der Waals surface area contributed by atoms with Crippen molar-refractivity contribution < 1.29 is 19.0 Å². The van der Waals surface area contributed by atoms with E-state index in [1.807, 2.05) is 0 Å². The molecule has 148 valence electrons. The van der Waals surface area contributed by atoms with Gasteiger partial charge in [0.15, 0.2) is 0 Å². The zero-order valence-electron chi connectivity index (χ0n) is 16.4. The molecule has 1 rings (SSSR count). The number of hydrogen-bond donors (Lipinski definition) is 1. The van der Waals surface area contributed by atoms with Gasteiger partial charge in [-0.2, -0.15) is 0 Å². The van der Waals surface area contributed by atoms with Crippen LogP contribution in [0.3, 0.4) is 0 Å². The van der Waals surface area contributed by atoms with Gasteiger partial charge in [0.05, 0.1) is 12.2 Å². The van der Waals surface area contributed by atoms with Crippen LogP contribution in [0.4, 0.5) is 0 Å². The van der Waals surface area contributed by atoms with Crippen molar-refractivity contribution in [1.29, 1.82) is 0 Å². The van der Waals surface area contributed by atoms with Crippen LogP contribution in [-0.4, -0.2) is 23.6 Å². The van der Waals surface area contributed by atoms with Gasteiger partial charge in [-0.1, -0.05) is 71.6 Å². The summed E-state index contributed by atoms with van der Waals surface area (Å²) in [7, 11) is -3.28. The first kappa shape index (κ1) is 22.9. The van der Waals surface area contributed by atoms with Crippen LogP contribution in [0.1, 0.15) is 88.4 Å². The normalized spacial score (nSPS) is 13.3. The molecule has 1 atom stereocenters. The SMILES string of the molecule is CCCCCCCCCCCCOC(=O)c1ccc(P(=O)(O)CC)cc1. The number of esters is 1.